The highest BCUT2D eigenvalue weighted by Crippen LogP contribution is 2.34. The molecule has 4 rings (SSSR count). The first-order chi connectivity index (χ1) is 15.7. The van der Waals surface area contributed by atoms with E-state index in [1.807, 2.05) is 0 Å². The fourth-order valence-electron chi connectivity index (χ4n) is 3.66. The molecule has 3 aromatic carbocycles. The van der Waals surface area contributed by atoms with Gasteiger partial charge in [0, 0.05) is 6.54 Å². The monoisotopic (exact) mass is 513 g/mol. The highest BCUT2D eigenvalue weighted by molar-refractivity contribution is 7.91. The van der Waals surface area contributed by atoms with Crippen LogP contribution in [0.15, 0.2) is 70.5 Å². The van der Waals surface area contributed by atoms with Crippen molar-refractivity contribution in [1.82, 2.24) is 5.32 Å². The topological polar surface area (TPSA) is 64.6 Å². The van der Waals surface area contributed by atoms with Crippen molar-refractivity contribution in [2.45, 2.75) is 35.5 Å². The molecular formula is C24H23ClF3NO4S. The maximum Gasteiger partial charge on any atom is 0.416 e. The van der Waals surface area contributed by atoms with E-state index in [-0.39, 0.29) is 34.6 Å². The van der Waals surface area contributed by atoms with Gasteiger partial charge in [0.25, 0.3) is 0 Å². The van der Waals surface area contributed by atoms with E-state index in [9.17, 15) is 21.6 Å². The lowest BCUT2D eigenvalue weighted by Gasteiger charge is -2.20. The molecule has 0 saturated carbocycles. The molecule has 182 valence electrons. The summed E-state index contributed by atoms with van der Waals surface area (Å²) < 4.78 is 75.4. The zero-order chi connectivity index (χ0) is 23.6. The third kappa shape index (κ3) is 5.48. The molecule has 3 aromatic rings. The molecule has 0 amide bonds. The van der Waals surface area contributed by atoms with Crippen LogP contribution in [0.25, 0.3) is 0 Å². The summed E-state index contributed by atoms with van der Waals surface area (Å²) in [5.41, 5.74) is 1.93. The minimum absolute atomic E-state index is 0. The zero-order valence-corrected chi connectivity index (χ0v) is 19.8. The SMILES string of the molecule is COc1cc2c(cc1S(=O)(=O)c1ccc(COc3ccc(C(F)(F)F)cc3)cc1)CNCC2.Cl. The molecule has 1 N–H and O–H groups in total. The quantitative estimate of drug-likeness (QED) is 0.491. The minimum atomic E-state index is -4.41. The molecule has 1 aliphatic rings. The van der Waals surface area contributed by atoms with Gasteiger partial charge in [-0.1, -0.05) is 12.1 Å². The van der Waals surface area contributed by atoms with Crippen molar-refractivity contribution in [3.05, 3.63) is 82.9 Å². The first-order valence-electron chi connectivity index (χ1n) is 10.2. The first kappa shape index (κ1) is 25.9. The van der Waals surface area contributed by atoms with E-state index >= 15 is 0 Å². The molecule has 10 heteroatoms. The maximum absolute atomic E-state index is 13.3. The lowest BCUT2D eigenvalue weighted by atomic mass is 10.0. The van der Waals surface area contributed by atoms with E-state index in [1.54, 1.807) is 24.3 Å². The van der Waals surface area contributed by atoms with Crippen LogP contribution in [0.2, 0.25) is 0 Å². The Balaban J connectivity index is 0.00000324. The van der Waals surface area contributed by atoms with Crippen LogP contribution in [-0.2, 0) is 35.6 Å². The number of sulfone groups is 1. The molecule has 0 fully saturated rings. The van der Waals surface area contributed by atoms with Crippen molar-refractivity contribution in [2.24, 2.45) is 0 Å². The van der Waals surface area contributed by atoms with E-state index in [4.69, 9.17) is 9.47 Å². The second kappa shape index (κ2) is 10.2. The predicted molar refractivity (Wildman–Crippen MR) is 123 cm³/mol. The van der Waals surface area contributed by atoms with E-state index in [0.29, 0.717) is 17.9 Å². The van der Waals surface area contributed by atoms with Crippen LogP contribution in [0.5, 0.6) is 11.5 Å². The van der Waals surface area contributed by atoms with Crippen LogP contribution in [0.1, 0.15) is 22.3 Å². The summed E-state index contributed by atoms with van der Waals surface area (Å²) in [6.45, 7) is 1.51. The minimum Gasteiger partial charge on any atom is -0.495 e. The summed E-state index contributed by atoms with van der Waals surface area (Å²) in [7, 11) is -2.37. The molecule has 0 aliphatic carbocycles. The van der Waals surface area contributed by atoms with Crippen molar-refractivity contribution in [3.8, 4) is 11.5 Å². The molecule has 34 heavy (non-hydrogen) atoms. The standard InChI is InChI=1S/C24H22F3NO4S.ClH/c1-31-22-12-17-10-11-28-14-18(17)13-23(22)33(29,30)21-8-2-16(3-9-21)15-32-20-6-4-19(5-7-20)24(25,26)27;/h2-9,12-13,28H,10-11,14-15H2,1H3;1H. The summed E-state index contributed by atoms with van der Waals surface area (Å²) in [5.74, 6) is 0.595. The van der Waals surface area contributed by atoms with Crippen LogP contribution in [0, 0.1) is 0 Å². The molecule has 0 spiro atoms. The third-order valence-corrected chi connectivity index (χ3v) is 7.27. The molecule has 1 heterocycles. The Morgan fingerprint density at radius 3 is 2.26 bits per heavy atom. The number of rotatable bonds is 6. The van der Waals surface area contributed by atoms with E-state index < -0.39 is 21.6 Å². The number of fused-ring (bicyclic) bond motifs is 1. The van der Waals surface area contributed by atoms with Gasteiger partial charge in [0.2, 0.25) is 9.84 Å². The van der Waals surface area contributed by atoms with Gasteiger partial charge in [-0.25, -0.2) is 8.42 Å². The number of ether oxygens (including phenoxy) is 2. The number of hydrogen-bond donors (Lipinski definition) is 1. The Hall–Kier alpha value is -2.75. The Morgan fingerprint density at radius 2 is 1.65 bits per heavy atom. The second-order valence-electron chi connectivity index (χ2n) is 7.66. The van der Waals surface area contributed by atoms with Gasteiger partial charge in [-0.3, -0.25) is 0 Å². The van der Waals surface area contributed by atoms with Crippen LogP contribution >= 0.6 is 12.4 Å². The smallest absolute Gasteiger partial charge is 0.416 e. The van der Waals surface area contributed by atoms with Crippen molar-refractivity contribution >= 4 is 22.2 Å². The van der Waals surface area contributed by atoms with Gasteiger partial charge in [-0.05, 0) is 78.2 Å². The predicted octanol–water partition coefficient (Wildman–Crippen LogP) is 5.19. The molecule has 0 aromatic heterocycles. The summed E-state index contributed by atoms with van der Waals surface area (Å²) in [4.78, 5) is 0.226. The van der Waals surface area contributed by atoms with Gasteiger partial charge >= 0.3 is 6.18 Å². The summed E-state index contributed by atoms with van der Waals surface area (Å²) in [5, 5.41) is 3.24. The lowest BCUT2D eigenvalue weighted by Crippen LogP contribution is -2.24. The van der Waals surface area contributed by atoms with Crippen molar-refractivity contribution in [3.63, 3.8) is 0 Å². The van der Waals surface area contributed by atoms with E-state index in [0.717, 1.165) is 36.2 Å². The largest absolute Gasteiger partial charge is 0.495 e. The fraction of sp³-hybridized carbons (Fsp3) is 0.250. The molecule has 0 bridgehead atoms. The van der Waals surface area contributed by atoms with Crippen LogP contribution in [0.4, 0.5) is 13.2 Å². The van der Waals surface area contributed by atoms with Crippen molar-refractivity contribution < 1.29 is 31.1 Å². The van der Waals surface area contributed by atoms with Gasteiger partial charge < -0.3 is 14.8 Å². The Labute approximate surface area is 202 Å². The molecule has 0 unspecified atom stereocenters. The first-order valence-corrected chi connectivity index (χ1v) is 11.7. The Kier molecular flexibility index (Phi) is 7.80. The van der Waals surface area contributed by atoms with Crippen LogP contribution in [-0.4, -0.2) is 22.1 Å². The molecule has 1 aliphatic heterocycles. The highest BCUT2D eigenvalue weighted by atomic mass is 35.5. The third-order valence-electron chi connectivity index (χ3n) is 5.48. The van der Waals surface area contributed by atoms with Gasteiger partial charge in [0.15, 0.2) is 0 Å². The molecular weight excluding hydrogens is 491 g/mol. The lowest BCUT2D eigenvalue weighted by molar-refractivity contribution is -0.137. The number of nitrogens with one attached hydrogen (secondary N) is 1. The highest BCUT2D eigenvalue weighted by Gasteiger charge is 2.30. The van der Waals surface area contributed by atoms with Gasteiger partial charge in [-0.2, -0.15) is 13.2 Å². The molecule has 0 saturated heterocycles. The van der Waals surface area contributed by atoms with Gasteiger partial charge in [0.05, 0.1) is 17.6 Å². The van der Waals surface area contributed by atoms with Gasteiger partial charge in [0.1, 0.15) is 23.0 Å². The Bertz CT molecular complexity index is 1240. The number of halogens is 4. The molecule has 5 nitrogen and oxygen atoms in total. The number of benzene rings is 3. The Morgan fingerprint density at radius 1 is 0.971 bits per heavy atom. The van der Waals surface area contributed by atoms with Crippen molar-refractivity contribution in [2.75, 3.05) is 13.7 Å². The fourth-order valence-corrected chi connectivity index (χ4v) is 5.11. The summed E-state index contributed by atoms with van der Waals surface area (Å²) >= 11 is 0. The number of methoxy groups -OCH3 is 1. The zero-order valence-electron chi connectivity index (χ0n) is 18.2. The van der Waals surface area contributed by atoms with E-state index in [1.165, 1.54) is 31.4 Å². The van der Waals surface area contributed by atoms with Crippen molar-refractivity contribution in [1.29, 1.82) is 0 Å². The second-order valence-corrected chi connectivity index (χ2v) is 9.57. The summed E-state index contributed by atoms with van der Waals surface area (Å²) in [6, 6.07) is 14.0. The number of hydrogen-bond acceptors (Lipinski definition) is 5. The average Bonchev–Trinajstić information content (AvgIpc) is 2.81. The molecule has 0 radical (unpaired) electrons. The van der Waals surface area contributed by atoms with Crippen LogP contribution in [0.3, 0.4) is 0 Å². The summed E-state index contributed by atoms with van der Waals surface area (Å²) in [6.07, 6.45) is -3.60. The molecule has 0 atom stereocenters. The average molecular weight is 514 g/mol. The van der Waals surface area contributed by atoms with E-state index in [2.05, 4.69) is 5.32 Å². The van der Waals surface area contributed by atoms with Crippen LogP contribution < -0.4 is 14.8 Å². The number of alkyl halides is 3. The van der Waals surface area contributed by atoms with Gasteiger partial charge in [-0.15, -0.1) is 12.4 Å². The maximum atomic E-state index is 13.3. The normalized spacial score (nSPS) is 13.5.